The molecule has 2 aromatic rings. The van der Waals surface area contributed by atoms with Gasteiger partial charge in [-0.15, -0.1) is 0 Å². The number of benzene rings is 2. The lowest BCUT2D eigenvalue weighted by molar-refractivity contribution is -0.149. The van der Waals surface area contributed by atoms with Gasteiger partial charge in [0.1, 0.15) is 5.41 Å². The molecule has 0 aromatic heterocycles. The number of carbonyl (C=O) groups is 1. The van der Waals surface area contributed by atoms with E-state index in [1.807, 2.05) is 0 Å². The van der Waals surface area contributed by atoms with Crippen LogP contribution in [0.25, 0.3) is 0 Å². The molecule has 2 aromatic carbocycles. The molecular formula is C20H20ClNO6S. The van der Waals surface area contributed by atoms with Crippen molar-refractivity contribution in [3.8, 4) is 11.5 Å². The fraction of sp³-hybridized carbons (Fsp3) is 0.350. The molecule has 0 bridgehead atoms. The van der Waals surface area contributed by atoms with Crippen molar-refractivity contribution >= 4 is 27.4 Å². The van der Waals surface area contributed by atoms with Gasteiger partial charge in [0.05, 0.1) is 16.8 Å². The number of halogens is 1. The van der Waals surface area contributed by atoms with Gasteiger partial charge in [-0.05, 0) is 48.9 Å². The van der Waals surface area contributed by atoms with Crippen LogP contribution in [0.4, 0.5) is 0 Å². The van der Waals surface area contributed by atoms with E-state index < -0.39 is 32.4 Å². The minimum absolute atomic E-state index is 0.0808. The molecule has 1 aliphatic carbocycles. The highest BCUT2D eigenvalue weighted by molar-refractivity contribution is 7.92. The number of rotatable bonds is 6. The first kappa shape index (κ1) is 20.0. The van der Waals surface area contributed by atoms with E-state index in [0.29, 0.717) is 22.1 Å². The van der Waals surface area contributed by atoms with Gasteiger partial charge in [-0.3, -0.25) is 4.79 Å². The van der Waals surface area contributed by atoms with Crippen LogP contribution in [0, 0.1) is 5.41 Å². The summed E-state index contributed by atoms with van der Waals surface area (Å²) < 4.78 is 42.8. The monoisotopic (exact) mass is 437 g/mol. The zero-order valence-electron chi connectivity index (χ0n) is 15.6. The number of hydrogen-bond acceptors (Lipinski definition) is 7. The summed E-state index contributed by atoms with van der Waals surface area (Å²) in [5, 5.41) is -0.636. The Morgan fingerprint density at radius 1 is 1.21 bits per heavy atom. The third-order valence-corrected chi connectivity index (χ3v) is 8.02. The van der Waals surface area contributed by atoms with Crippen molar-refractivity contribution < 1.29 is 27.4 Å². The molecule has 3 atom stereocenters. The molecule has 154 valence electrons. The molecule has 1 fully saturated rings. The lowest BCUT2D eigenvalue weighted by Crippen LogP contribution is -2.33. The van der Waals surface area contributed by atoms with Gasteiger partial charge in [-0.2, -0.15) is 0 Å². The molecule has 0 saturated heterocycles. The smallest absolute Gasteiger partial charge is 0.315 e. The number of nitrogens with two attached hydrogens (primary N) is 1. The quantitative estimate of drug-likeness (QED) is 0.692. The normalized spacial score (nSPS) is 24.9. The summed E-state index contributed by atoms with van der Waals surface area (Å²) >= 11 is 5.90. The first-order valence-corrected chi connectivity index (χ1v) is 11.0. The van der Waals surface area contributed by atoms with Gasteiger partial charge in [0.25, 0.3) is 0 Å². The summed E-state index contributed by atoms with van der Waals surface area (Å²) in [6, 6.07) is 11.0. The van der Waals surface area contributed by atoms with Gasteiger partial charge in [0, 0.05) is 17.5 Å². The Morgan fingerprint density at radius 2 is 1.90 bits per heavy atom. The van der Waals surface area contributed by atoms with Crippen LogP contribution in [0.15, 0.2) is 47.4 Å². The van der Waals surface area contributed by atoms with Gasteiger partial charge in [-0.1, -0.05) is 17.7 Å². The highest BCUT2D eigenvalue weighted by Gasteiger charge is 2.75. The van der Waals surface area contributed by atoms with Crippen LogP contribution >= 0.6 is 11.6 Å². The lowest BCUT2D eigenvalue weighted by Gasteiger charge is -2.14. The SMILES string of the molecule is CCOC(=O)[C@@]1(CN)[C@@H](c2ccc3c(c2)OCO3)[C@@H]1S(=O)(=O)c1ccc(Cl)cc1. The summed E-state index contributed by atoms with van der Waals surface area (Å²) in [7, 11) is -3.89. The number of esters is 1. The minimum Gasteiger partial charge on any atom is -0.465 e. The van der Waals surface area contributed by atoms with Gasteiger partial charge >= 0.3 is 5.97 Å². The molecule has 2 aliphatic rings. The number of fused-ring (bicyclic) bond motifs is 1. The topological polar surface area (TPSA) is 105 Å². The highest BCUT2D eigenvalue weighted by atomic mass is 35.5. The van der Waals surface area contributed by atoms with Crippen molar-refractivity contribution in [2.24, 2.45) is 11.1 Å². The Bertz CT molecular complexity index is 1060. The van der Waals surface area contributed by atoms with E-state index in [2.05, 4.69) is 0 Å². The first-order valence-electron chi connectivity index (χ1n) is 9.12. The number of carbonyl (C=O) groups excluding carboxylic acids is 1. The molecular weight excluding hydrogens is 418 g/mol. The van der Waals surface area contributed by atoms with Crippen LogP contribution < -0.4 is 15.2 Å². The summed E-state index contributed by atoms with van der Waals surface area (Å²) in [4.78, 5) is 13.0. The van der Waals surface area contributed by atoms with Crippen molar-refractivity contribution in [1.82, 2.24) is 0 Å². The van der Waals surface area contributed by atoms with E-state index in [1.165, 1.54) is 24.3 Å². The maximum absolute atomic E-state index is 13.4. The second kappa shape index (κ2) is 7.19. The van der Waals surface area contributed by atoms with Crippen molar-refractivity contribution in [3.63, 3.8) is 0 Å². The molecule has 2 N–H and O–H groups in total. The van der Waals surface area contributed by atoms with Crippen LogP contribution in [-0.4, -0.2) is 39.6 Å². The van der Waals surface area contributed by atoms with Crippen LogP contribution in [0.1, 0.15) is 18.4 Å². The number of sulfone groups is 1. The molecule has 7 nitrogen and oxygen atoms in total. The van der Waals surface area contributed by atoms with Crippen LogP contribution in [0.3, 0.4) is 0 Å². The largest absolute Gasteiger partial charge is 0.465 e. The number of hydrogen-bond donors (Lipinski definition) is 1. The van der Waals surface area contributed by atoms with E-state index in [4.69, 9.17) is 31.5 Å². The van der Waals surface area contributed by atoms with E-state index in [-0.39, 0.29) is 24.8 Å². The standard InChI is InChI=1S/C20H20ClNO6S/c1-2-26-19(23)20(10-22)17(12-3-8-15-16(9-12)28-11-27-15)18(20)29(24,25)14-6-4-13(21)5-7-14/h3-9,17-18H,2,10-11,22H2,1H3/t17-,18-,20-/m0/s1. The lowest BCUT2D eigenvalue weighted by atomic mass is 9.99. The van der Waals surface area contributed by atoms with E-state index in [0.717, 1.165) is 0 Å². The summed E-state index contributed by atoms with van der Waals surface area (Å²) in [6.45, 7) is 1.73. The van der Waals surface area contributed by atoms with E-state index in [1.54, 1.807) is 25.1 Å². The van der Waals surface area contributed by atoms with Crippen LogP contribution in [0.5, 0.6) is 11.5 Å². The third kappa shape index (κ3) is 3.06. The van der Waals surface area contributed by atoms with Crippen molar-refractivity contribution in [2.75, 3.05) is 19.9 Å². The molecule has 0 amide bonds. The maximum atomic E-state index is 13.4. The van der Waals surface area contributed by atoms with Crippen LogP contribution in [-0.2, 0) is 19.4 Å². The molecule has 4 rings (SSSR count). The maximum Gasteiger partial charge on any atom is 0.315 e. The average Bonchev–Trinajstić information content (AvgIpc) is 3.20. The molecule has 29 heavy (non-hydrogen) atoms. The molecule has 0 spiro atoms. The molecule has 1 saturated carbocycles. The second-order valence-corrected chi connectivity index (χ2v) is 9.48. The predicted octanol–water partition coefficient (Wildman–Crippen LogP) is 2.52. The molecule has 0 radical (unpaired) electrons. The minimum atomic E-state index is -3.89. The summed E-state index contributed by atoms with van der Waals surface area (Å²) in [5.74, 6) is -0.206. The van der Waals surface area contributed by atoms with Crippen LogP contribution in [0.2, 0.25) is 5.02 Å². The Kier molecular flexibility index (Phi) is 4.96. The predicted molar refractivity (Wildman–Crippen MR) is 106 cm³/mol. The van der Waals surface area contributed by atoms with Gasteiger partial charge < -0.3 is 19.9 Å². The molecule has 1 heterocycles. The Hall–Kier alpha value is -2.29. The summed E-state index contributed by atoms with van der Waals surface area (Å²) in [5.41, 5.74) is 5.25. The van der Waals surface area contributed by atoms with Crippen molar-refractivity contribution in [3.05, 3.63) is 53.1 Å². The molecule has 9 heteroatoms. The van der Waals surface area contributed by atoms with Crippen molar-refractivity contribution in [2.45, 2.75) is 23.0 Å². The van der Waals surface area contributed by atoms with Crippen molar-refractivity contribution in [1.29, 1.82) is 0 Å². The van der Waals surface area contributed by atoms with E-state index >= 15 is 0 Å². The number of ether oxygens (including phenoxy) is 3. The Morgan fingerprint density at radius 3 is 2.55 bits per heavy atom. The molecule has 1 aliphatic heterocycles. The fourth-order valence-electron chi connectivity index (χ4n) is 4.05. The summed E-state index contributed by atoms with van der Waals surface area (Å²) in [6.07, 6.45) is 0. The highest BCUT2D eigenvalue weighted by Crippen LogP contribution is 2.64. The van der Waals surface area contributed by atoms with Gasteiger partial charge in [0.2, 0.25) is 6.79 Å². The third-order valence-electron chi connectivity index (χ3n) is 5.48. The molecule has 0 unspecified atom stereocenters. The Labute approximate surface area is 173 Å². The van der Waals surface area contributed by atoms with E-state index in [9.17, 15) is 13.2 Å². The first-order chi connectivity index (χ1) is 13.9. The zero-order valence-corrected chi connectivity index (χ0v) is 17.2. The second-order valence-electron chi connectivity index (χ2n) is 6.97. The average molecular weight is 438 g/mol. The Balaban J connectivity index is 1.81. The zero-order chi connectivity index (χ0) is 20.8. The fourth-order valence-corrected chi connectivity index (χ4v) is 6.55. The van der Waals surface area contributed by atoms with Gasteiger partial charge in [-0.25, -0.2) is 8.42 Å². The van der Waals surface area contributed by atoms with Gasteiger partial charge in [0.15, 0.2) is 21.3 Å².